The second kappa shape index (κ2) is 6.55. The fraction of sp³-hybridized carbons (Fsp3) is 0.357. The third-order valence-electron chi connectivity index (χ3n) is 2.73. The summed E-state index contributed by atoms with van der Waals surface area (Å²) in [5.74, 6) is -0.669. The first-order valence-electron chi connectivity index (χ1n) is 5.98. The third-order valence-corrected chi connectivity index (χ3v) is 2.73. The monoisotopic (exact) mass is 259 g/mol. The number of carbonyl (C=O) groups is 2. The molecule has 0 aliphatic heterocycles. The summed E-state index contributed by atoms with van der Waals surface area (Å²) < 4.78 is 0. The average Bonchev–Trinajstić information content (AvgIpc) is 2.35. The van der Waals surface area contributed by atoms with E-state index in [4.69, 9.17) is 5.26 Å². The Hall–Kier alpha value is -2.35. The molecule has 0 saturated heterocycles. The van der Waals surface area contributed by atoms with Crippen LogP contribution in [0.3, 0.4) is 0 Å². The minimum Gasteiger partial charge on any atom is -0.345 e. The topological polar surface area (TPSA) is 82.0 Å². The Balaban J connectivity index is 2.79. The highest BCUT2D eigenvalue weighted by Crippen LogP contribution is 2.16. The zero-order valence-electron chi connectivity index (χ0n) is 11.2. The maximum Gasteiger partial charge on any atom is 0.243 e. The predicted octanol–water partition coefficient (Wildman–Crippen LogP) is 1.20. The molecule has 0 aliphatic carbocycles. The Labute approximate surface area is 112 Å². The molecule has 2 unspecified atom stereocenters. The lowest BCUT2D eigenvalue weighted by molar-refractivity contribution is -0.127. The van der Waals surface area contributed by atoms with Crippen LogP contribution in [0.15, 0.2) is 24.3 Å². The molecule has 0 saturated carbocycles. The molecular formula is C14H17N3O2. The number of aryl methyl sites for hydroxylation is 1. The van der Waals surface area contributed by atoms with Crippen LogP contribution in [0.5, 0.6) is 0 Å². The van der Waals surface area contributed by atoms with Crippen LogP contribution in [-0.4, -0.2) is 17.9 Å². The van der Waals surface area contributed by atoms with Gasteiger partial charge in [0.25, 0.3) is 0 Å². The van der Waals surface area contributed by atoms with Crippen molar-refractivity contribution in [2.24, 2.45) is 0 Å². The van der Waals surface area contributed by atoms with Crippen molar-refractivity contribution in [1.82, 2.24) is 10.6 Å². The van der Waals surface area contributed by atoms with Gasteiger partial charge in [-0.25, -0.2) is 0 Å². The van der Waals surface area contributed by atoms with Crippen LogP contribution in [-0.2, 0) is 9.59 Å². The van der Waals surface area contributed by atoms with Gasteiger partial charge in [-0.15, -0.1) is 0 Å². The summed E-state index contributed by atoms with van der Waals surface area (Å²) in [6.45, 7) is 4.79. The third kappa shape index (κ3) is 4.11. The largest absolute Gasteiger partial charge is 0.345 e. The van der Waals surface area contributed by atoms with Crippen molar-refractivity contribution in [2.75, 3.05) is 0 Å². The fourth-order valence-corrected chi connectivity index (χ4v) is 1.73. The Kier molecular flexibility index (Phi) is 5.07. The normalized spacial score (nSPS) is 12.9. The van der Waals surface area contributed by atoms with Crippen molar-refractivity contribution in [2.45, 2.75) is 32.9 Å². The first kappa shape index (κ1) is 14.7. The standard InChI is InChI=1S/C14H17N3O2/c1-9-6-4-5-7-12(9)13(8-15)17-14(19)10(2)16-11(3)18/h4-7,10,13H,1-3H3,(H,16,18)(H,17,19). The molecule has 0 aromatic heterocycles. The van der Waals surface area contributed by atoms with Crippen molar-refractivity contribution in [3.63, 3.8) is 0 Å². The molecule has 2 N–H and O–H groups in total. The van der Waals surface area contributed by atoms with E-state index in [2.05, 4.69) is 16.7 Å². The van der Waals surface area contributed by atoms with Crippen LogP contribution >= 0.6 is 0 Å². The Morgan fingerprint density at radius 2 is 1.89 bits per heavy atom. The molecular weight excluding hydrogens is 242 g/mol. The summed E-state index contributed by atoms with van der Waals surface area (Å²) in [6.07, 6.45) is 0. The van der Waals surface area contributed by atoms with Gasteiger partial charge < -0.3 is 10.6 Å². The summed E-state index contributed by atoms with van der Waals surface area (Å²) >= 11 is 0. The van der Waals surface area contributed by atoms with Crippen molar-refractivity contribution >= 4 is 11.8 Å². The Bertz CT molecular complexity index is 520. The average molecular weight is 259 g/mol. The molecule has 0 heterocycles. The molecule has 2 amide bonds. The second-order valence-corrected chi connectivity index (χ2v) is 4.35. The predicted molar refractivity (Wildman–Crippen MR) is 71.0 cm³/mol. The number of hydrogen-bond donors (Lipinski definition) is 2. The zero-order chi connectivity index (χ0) is 14.4. The number of nitriles is 1. The van der Waals surface area contributed by atoms with E-state index >= 15 is 0 Å². The molecule has 1 rings (SSSR count). The number of nitrogens with one attached hydrogen (secondary N) is 2. The fourth-order valence-electron chi connectivity index (χ4n) is 1.73. The van der Waals surface area contributed by atoms with Gasteiger partial charge >= 0.3 is 0 Å². The number of nitrogens with zero attached hydrogens (tertiary/aromatic N) is 1. The minimum atomic E-state index is -0.718. The van der Waals surface area contributed by atoms with Gasteiger partial charge in [-0.1, -0.05) is 24.3 Å². The van der Waals surface area contributed by atoms with Gasteiger partial charge in [-0.3, -0.25) is 9.59 Å². The Morgan fingerprint density at radius 3 is 2.42 bits per heavy atom. The van der Waals surface area contributed by atoms with Crippen molar-refractivity contribution < 1.29 is 9.59 Å². The summed E-state index contributed by atoms with van der Waals surface area (Å²) in [7, 11) is 0. The van der Waals surface area contributed by atoms with Gasteiger partial charge in [0.1, 0.15) is 12.1 Å². The molecule has 5 heteroatoms. The van der Waals surface area contributed by atoms with E-state index in [9.17, 15) is 9.59 Å². The van der Waals surface area contributed by atoms with Crippen LogP contribution < -0.4 is 10.6 Å². The number of benzene rings is 1. The molecule has 1 aromatic carbocycles. The van der Waals surface area contributed by atoms with Crippen molar-refractivity contribution in [1.29, 1.82) is 5.26 Å². The summed E-state index contributed by atoms with van der Waals surface area (Å²) in [5, 5.41) is 14.3. The van der Waals surface area contributed by atoms with Crippen LogP contribution in [0.2, 0.25) is 0 Å². The van der Waals surface area contributed by atoms with Crippen LogP contribution in [0.1, 0.15) is 31.0 Å². The van der Waals surface area contributed by atoms with Gasteiger partial charge in [-0.2, -0.15) is 5.26 Å². The van der Waals surface area contributed by atoms with Gasteiger partial charge in [0.05, 0.1) is 6.07 Å². The first-order chi connectivity index (χ1) is 8.95. The van der Waals surface area contributed by atoms with Crippen molar-refractivity contribution in [3.8, 4) is 6.07 Å². The highest BCUT2D eigenvalue weighted by Gasteiger charge is 2.20. The molecule has 0 aliphatic rings. The van der Waals surface area contributed by atoms with E-state index in [0.29, 0.717) is 0 Å². The molecule has 0 fully saturated rings. The van der Waals surface area contributed by atoms with E-state index < -0.39 is 12.1 Å². The maximum atomic E-state index is 11.9. The molecule has 0 bridgehead atoms. The summed E-state index contributed by atoms with van der Waals surface area (Å²) in [4.78, 5) is 22.7. The van der Waals surface area contributed by atoms with E-state index in [1.807, 2.05) is 25.1 Å². The molecule has 5 nitrogen and oxygen atoms in total. The highest BCUT2D eigenvalue weighted by atomic mass is 16.2. The Morgan fingerprint density at radius 1 is 1.26 bits per heavy atom. The number of amides is 2. The van der Waals surface area contributed by atoms with Crippen LogP contribution in [0, 0.1) is 18.3 Å². The number of rotatable bonds is 4. The second-order valence-electron chi connectivity index (χ2n) is 4.35. The molecule has 0 radical (unpaired) electrons. The maximum absolute atomic E-state index is 11.9. The lowest BCUT2D eigenvalue weighted by atomic mass is 10.0. The SMILES string of the molecule is CC(=O)NC(C)C(=O)NC(C#N)c1ccccc1C. The molecule has 0 spiro atoms. The molecule has 19 heavy (non-hydrogen) atoms. The van der Waals surface area contributed by atoms with Crippen molar-refractivity contribution in [3.05, 3.63) is 35.4 Å². The first-order valence-corrected chi connectivity index (χ1v) is 5.98. The van der Waals surface area contributed by atoms with Crippen LogP contribution in [0.4, 0.5) is 0 Å². The van der Waals surface area contributed by atoms with Gasteiger partial charge in [0.2, 0.25) is 11.8 Å². The number of carbonyl (C=O) groups excluding carboxylic acids is 2. The molecule has 1 aromatic rings. The smallest absolute Gasteiger partial charge is 0.243 e. The zero-order valence-corrected chi connectivity index (χ0v) is 11.2. The minimum absolute atomic E-state index is 0.285. The van der Waals surface area contributed by atoms with E-state index in [-0.39, 0.29) is 11.8 Å². The van der Waals surface area contributed by atoms with E-state index in [1.54, 1.807) is 13.0 Å². The lowest BCUT2D eigenvalue weighted by Crippen LogP contribution is -2.45. The lowest BCUT2D eigenvalue weighted by Gasteiger charge is -2.17. The summed E-state index contributed by atoms with van der Waals surface area (Å²) in [6, 6.07) is 8.03. The van der Waals surface area contributed by atoms with Gasteiger partial charge in [0.15, 0.2) is 0 Å². The highest BCUT2D eigenvalue weighted by molar-refractivity contribution is 5.86. The van der Waals surface area contributed by atoms with Gasteiger partial charge in [0, 0.05) is 6.92 Å². The molecule has 100 valence electrons. The van der Waals surface area contributed by atoms with E-state index in [1.165, 1.54) is 6.92 Å². The van der Waals surface area contributed by atoms with Gasteiger partial charge in [-0.05, 0) is 25.0 Å². The quantitative estimate of drug-likeness (QED) is 0.852. The number of hydrogen-bond acceptors (Lipinski definition) is 3. The van der Waals surface area contributed by atoms with E-state index in [0.717, 1.165) is 11.1 Å². The van der Waals surface area contributed by atoms with Crippen LogP contribution in [0.25, 0.3) is 0 Å². The summed E-state index contributed by atoms with van der Waals surface area (Å²) in [5.41, 5.74) is 1.69. The molecule has 2 atom stereocenters.